The molecule has 2 aromatic heterocycles. The van der Waals surface area contributed by atoms with Crippen molar-refractivity contribution in [2.24, 2.45) is 0 Å². The van der Waals surface area contributed by atoms with Crippen molar-refractivity contribution in [3.05, 3.63) is 59.3 Å². The zero-order chi connectivity index (χ0) is 17.2. The van der Waals surface area contributed by atoms with Gasteiger partial charge in [0.05, 0.1) is 26.2 Å². The van der Waals surface area contributed by atoms with Crippen LogP contribution in [0.1, 0.15) is 5.01 Å². The number of thioether (sulfide) groups is 1. The highest BCUT2D eigenvalue weighted by Crippen LogP contribution is 2.32. The summed E-state index contributed by atoms with van der Waals surface area (Å²) in [6.45, 7) is 0. The number of nitriles is 1. The van der Waals surface area contributed by atoms with E-state index in [-0.39, 0.29) is 11.3 Å². The molecule has 4 aromatic rings. The lowest BCUT2D eigenvalue weighted by Gasteiger charge is -2.00. The van der Waals surface area contributed by atoms with Gasteiger partial charge in [0, 0.05) is 0 Å². The Morgan fingerprint density at radius 3 is 2.28 bits per heavy atom. The van der Waals surface area contributed by atoms with E-state index in [1.807, 2.05) is 48.5 Å². The molecule has 0 aliphatic carbocycles. The minimum atomic E-state index is 0.0332. The number of aromatic nitrogens is 2. The van der Waals surface area contributed by atoms with E-state index in [1.165, 1.54) is 23.1 Å². The Kier molecular flexibility index (Phi) is 4.40. The predicted octanol–water partition coefficient (Wildman–Crippen LogP) is 5.49. The molecule has 0 radical (unpaired) electrons. The van der Waals surface area contributed by atoms with E-state index in [4.69, 9.17) is 0 Å². The third-order valence-corrected chi connectivity index (χ3v) is 6.76. The molecule has 4 nitrogen and oxygen atoms in total. The highest BCUT2D eigenvalue weighted by Gasteiger charge is 2.15. The van der Waals surface area contributed by atoms with E-state index in [2.05, 4.69) is 16.0 Å². The van der Waals surface area contributed by atoms with Crippen molar-refractivity contribution in [2.75, 3.05) is 5.75 Å². The lowest BCUT2D eigenvalue weighted by Crippen LogP contribution is -1.92. The maximum Gasteiger partial charge on any atom is 0.151 e. The summed E-state index contributed by atoms with van der Waals surface area (Å²) < 4.78 is 2.98. The van der Waals surface area contributed by atoms with E-state index in [0.29, 0.717) is 10.8 Å². The Hall–Kier alpha value is -2.40. The monoisotopic (exact) mass is 381 g/mol. The van der Waals surface area contributed by atoms with Crippen LogP contribution in [0.4, 0.5) is 0 Å². The molecule has 2 aromatic carbocycles. The Labute approximate surface area is 156 Å². The van der Waals surface area contributed by atoms with Crippen molar-refractivity contribution in [3.8, 4) is 6.07 Å². The topological polar surface area (TPSA) is 69.8 Å². The molecule has 25 heavy (non-hydrogen) atoms. The summed E-state index contributed by atoms with van der Waals surface area (Å²) in [4.78, 5) is 8.98. The largest absolute Gasteiger partial charge is 0.510 e. The molecule has 1 N–H and O–H groups in total. The zero-order valence-electron chi connectivity index (χ0n) is 12.8. The van der Waals surface area contributed by atoms with Gasteiger partial charge in [-0.05, 0) is 24.3 Å². The maximum atomic E-state index is 10.4. The van der Waals surface area contributed by atoms with Gasteiger partial charge in [0.1, 0.15) is 22.4 Å². The molecule has 2 heterocycles. The molecular formula is C18H11N3OS3. The van der Waals surface area contributed by atoms with Crippen LogP contribution in [0.25, 0.3) is 26.0 Å². The molecule has 0 aliphatic rings. The second-order valence-electron chi connectivity index (χ2n) is 5.16. The number of para-hydroxylation sites is 2. The summed E-state index contributed by atoms with van der Waals surface area (Å²) in [5.74, 6) is 0.323. The first kappa shape index (κ1) is 16.1. The zero-order valence-corrected chi connectivity index (χ0v) is 15.3. The second-order valence-corrected chi connectivity index (χ2v) is 8.44. The van der Waals surface area contributed by atoms with Gasteiger partial charge in [-0.1, -0.05) is 36.0 Å². The van der Waals surface area contributed by atoms with Gasteiger partial charge in [-0.3, -0.25) is 0 Å². The number of aliphatic hydroxyl groups excluding tert-OH is 1. The van der Waals surface area contributed by atoms with E-state index in [1.54, 1.807) is 11.3 Å². The highest BCUT2D eigenvalue weighted by molar-refractivity contribution is 8.01. The predicted molar refractivity (Wildman–Crippen MR) is 105 cm³/mol. The number of nitrogens with zero attached hydrogens (tertiary/aromatic N) is 3. The van der Waals surface area contributed by atoms with E-state index in [9.17, 15) is 10.4 Å². The average molecular weight is 382 g/mol. The molecular weight excluding hydrogens is 370 g/mol. The van der Waals surface area contributed by atoms with Crippen molar-refractivity contribution < 1.29 is 5.11 Å². The minimum absolute atomic E-state index is 0.0332. The summed E-state index contributed by atoms with van der Waals surface area (Å²) in [6.07, 6.45) is 0. The van der Waals surface area contributed by atoms with Crippen molar-refractivity contribution in [1.29, 1.82) is 5.26 Å². The van der Waals surface area contributed by atoms with Crippen LogP contribution in [0.3, 0.4) is 0 Å². The van der Waals surface area contributed by atoms with Crippen molar-refractivity contribution in [2.45, 2.75) is 4.34 Å². The van der Waals surface area contributed by atoms with E-state index in [0.717, 1.165) is 24.8 Å². The lowest BCUT2D eigenvalue weighted by atomic mass is 10.2. The SMILES string of the molecule is N#CC(=C(O)CSc1nc2ccccc2s1)c1nc2ccccc2s1. The molecule has 0 saturated heterocycles. The van der Waals surface area contributed by atoms with E-state index < -0.39 is 0 Å². The molecule has 4 rings (SSSR count). The number of hydrogen-bond acceptors (Lipinski definition) is 7. The van der Waals surface area contributed by atoms with Crippen molar-refractivity contribution >= 4 is 60.4 Å². The van der Waals surface area contributed by atoms with Crippen LogP contribution in [0.2, 0.25) is 0 Å². The fourth-order valence-electron chi connectivity index (χ4n) is 2.33. The van der Waals surface area contributed by atoms with Crippen LogP contribution in [0.15, 0.2) is 58.6 Å². The third-order valence-electron chi connectivity index (χ3n) is 3.51. The van der Waals surface area contributed by atoms with Crippen molar-refractivity contribution in [1.82, 2.24) is 9.97 Å². The van der Waals surface area contributed by atoms with Crippen molar-refractivity contribution in [3.63, 3.8) is 0 Å². The van der Waals surface area contributed by atoms with Gasteiger partial charge in [0.25, 0.3) is 0 Å². The third kappa shape index (κ3) is 3.24. The lowest BCUT2D eigenvalue weighted by molar-refractivity contribution is 0.421. The van der Waals surface area contributed by atoms with Crippen LogP contribution in [0.5, 0.6) is 0 Å². The van der Waals surface area contributed by atoms with Gasteiger partial charge in [-0.15, -0.1) is 22.7 Å². The molecule has 122 valence electrons. The quantitative estimate of drug-likeness (QED) is 0.287. The van der Waals surface area contributed by atoms with Gasteiger partial charge in [0.15, 0.2) is 4.34 Å². The molecule has 0 spiro atoms. The van der Waals surface area contributed by atoms with Crippen LogP contribution in [0, 0.1) is 11.3 Å². The Balaban J connectivity index is 1.60. The Bertz CT molecular complexity index is 1070. The average Bonchev–Trinajstić information content (AvgIpc) is 3.23. The normalized spacial score (nSPS) is 12.3. The van der Waals surface area contributed by atoms with Gasteiger partial charge < -0.3 is 5.11 Å². The first-order valence-corrected chi connectivity index (χ1v) is 10.0. The molecule has 7 heteroatoms. The van der Waals surface area contributed by atoms with Gasteiger partial charge in [0.2, 0.25) is 0 Å². The van der Waals surface area contributed by atoms with Crippen LogP contribution >= 0.6 is 34.4 Å². The summed E-state index contributed by atoms with van der Waals surface area (Å²) in [7, 11) is 0. The summed E-state index contributed by atoms with van der Waals surface area (Å²) in [6, 6.07) is 17.7. The Morgan fingerprint density at radius 1 is 1.00 bits per heavy atom. The minimum Gasteiger partial charge on any atom is -0.510 e. The summed E-state index contributed by atoms with van der Waals surface area (Å²) in [5, 5.41) is 20.4. The highest BCUT2D eigenvalue weighted by atomic mass is 32.2. The van der Waals surface area contributed by atoms with Crippen LogP contribution in [-0.4, -0.2) is 20.8 Å². The molecule has 0 atom stereocenters. The fraction of sp³-hybridized carbons (Fsp3) is 0.0556. The van der Waals surface area contributed by atoms with Gasteiger partial charge in [-0.25, -0.2) is 9.97 Å². The number of rotatable bonds is 4. The van der Waals surface area contributed by atoms with Gasteiger partial charge >= 0.3 is 0 Å². The molecule has 0 amide bonds. The molecule has 0 fully saturated rings. The number of fused-ring (bicyclic) bond motifs is 2. The molecule has 0 saturated carbocycles. The smallest absolute Gasteiger partial charge is 0.151 e. The molecule has 0 bridgehead atoms. The maximum absolute atomic E-state index is 10.4. The fourth-order valence-corrected chi connectivity index (χ4v) is 5.26. The van der Waals surface area contributed by atoms with Crippen LogP contribution in [-0.2, 0) is 0 Å². The first-order valence-electron chi connectivity index (χ1n) is 7.41. The second kappa shape index (κ2) is 6.84. The number of hydrogen-bond donors (Lipinski definition) is 1. The number of thiazole rings is 2. The van der Waals surface area contributed by atoms with Gasteiger partial charge in [-0.2, -0.15) is 5.26 Å². The molecule has 0 unspecified atom stereocenters. The van der Waals surface area contributed by atoms with Crippen LogP contribution < -0.4 is 0 Å². The standard InChI is InChI=1S/C18H11N3OS3/c19-9-11(17-20-12-5-1-3-7-15(12)24-17)14(22)10-23-18-21-13-6-2-4-8-16(13)25-18/h1-8,22H,10H2. The summed E-state index contributed by atoms with van der Waals surface area (Å²) in [5.41, 5.74) is 2.02. The Morgan fingerprint density at radius 2 is 1.64 bits per heavy atom. The summed E-state index contributed by atoms with van der Waals surface area (Å²) >= 11 is 4.42. The molecule has 0 aliphatic heterocycles. The number of allylic oxidation sites excluding steroid dienone is 1. The first-order chi connectivity index (χ1) is 12.2. The van der Waals surface area contributed by atoms with E-state index >= 15 is 0 Å². The number of aliphatic hydroxyl groups is 1. The number of benzene rings is 2.